The minimum absolute atomic E-state index is 0.0105. The van der Waals surface area contributed by atoms with E-state index in [-0.39, 0.29) is 23.3 Å². The number of amides is 1. The second kappa shape index (κ2) is 8.06. The molecule has 0 fully saturated rings. The van der Waals surface area contributed by atoms with Gasteiger partial charge in [-0.25, -0.2) is 4.98 Å². The first-order valence-corrected chi connectivity index (χ1v) is 11.1. The number of nitrogens with zero attached hydrogens (tertiary/aromatic N) is 3. The molecule has 6 nitrogen and oxygen atoms in total. The molecule has 0 bridgehead atoms. The van der Waals surface area contributed by atoms with E-state index in [9.17, 15) is 9.59 Å². The first-order chi connectivity index (χ1) is 14.0. The van der Waals surface area contributed by atoms with Crippen LogP contribution < -0.4 is 10.5 Å². The van der Waals surface area contributed by atoms with Crippen LogP contribution in [0.4, 0.5) is 5.69 Å². The summed E-state index contributed by atoms with van der Waals surface area (Å²) < 4.78 is 1.72. The molecule has 1 N–H and O–H groups in total. The predicted octanol–water partition coefficient (Wildman–Crippen LogP) is 4.08. The van der Waals surface area contributed by atoms with Gasteiger partial charge in [0.15, 0.2) is 5.16 Å². The number of benzene rings is 1. The fraction of sp³-hybridized carbons (Fsp3) is 0.409. The van der Waals surface area contributed by atoms with E-state index in [1.807, 2.05) is 49.9 Å². The van der Waals surface area contributed by atoms with Gasteiger partial charge in [0.1, 0.15) is 5.52 Å². The van der Waals surface area contributed by atoms with Gasteiger partial charge in [-0.05, 0) is 50.8 Å². The lowest BCUT2D eigenvalue weighted by atomic mass is 10.0. The molecule has 0 unspecified atom stereocenters. The number of H-pyrrole nitrogens is 1. The van der Waals surface area contributed by atoms with Crippen LogP contribution in [0.5, 0.6) is 0 Å². The number of aromatic nitrogens is 3. The molecular formula is C22H26N4O2S. The van der Waals surface area contributed by atoms with Crippen LogP contribution >= 0.6 is 11.8 Å². The van der Waals surface area contributed by atoms with E-state index in [1.165, 1.54) is 17.3 Å². The Morgan fingerprint density at radius 2 is 2.14 bits per heavy atom. The number of carbonyl (C=O) groups is 1. The van der Waals surface area contributed by atoms with Gasteiger partial charge in [-0.15, -0.1) is 0 Å². The van der Waals surface area contributed by atoms with Gasteiger partial charge in [-0.1, -0.05) is 36.9 Å². The van der Waals surface area contributed by atoms with Crippen molar-refractivity contribution >= 4 is 34.4 Å². The molecule has 4 rings (SSSR count). The Morgan fingerprint density at radius 1 is 1.34 bits per heavy atom. The zero-order chi connectivity index (χ0) is 20.5. The summed E-state index contributed by atoms with van der Waals surface area (Å²) >= 11 is 1.35. The Kier molecular flexibility index (Phi) is 5.50. The third-order valence-electron chi connectivity index (χ3n) is 5.55. The molecular weight excluding hydrogens is 384 g/mol. The van der Waals surface area contributed by atoms with Crippen LogP contribution in [0.25, 0.3) is 11.0 Å². The minimum atomic E-state index is -0.0734. The number of nitrogens with one attached hydrogen (secondary N) is 1. The maximum atomic E-state index is 13.1. The molecule has 3 aromatic rings. The van der Waals surface area contributed by atoms with Crippen LogP contribution in [-0.2, 0) is 11.2 Å². The average molecular weight is 411 g/mol. The molecule has 2 aromatic heterocycles. The van der Waals surface area contributed by atoms with Gasteiger partial charge in [0, 0.05) is 24.0 Å². The lowest BCUT2D eigenvalue weighted by molar-refractivity contribution is -0.116. The number of anilines is 1. The molecule has 29 heavy (non-hydrogen) atoms. The predicted molar refractivity (Wildman–Crippen MR) is 118 cm³/mol. The van der Waals surface area contributed by atoms with Crippen molar-refractivity contribution in [1.82, 2.24) is 14.5 Å². The smallest absolute Gasteiger partial charge is 0.278 e. The first kappa shape index (κ1) is 19.8. The second-order valence-electron chi connectivity index (χ2n) is 7.61. The summed E-state index contributed by atoms with van der Waals surface area (Å²) in [6, 6.07) is 9.98. The van der Waals surface area contributed by atoms with Crippen LogP contribution in [0.1, 0.15) is 44.0 Å². The monoisotopic (exact) mass is 410 g/mol. The molecule has 1 atom stereocenters. The van der Waals surface area contributed by atoms with Gasteiger partial charge in [0.05, 0.1) is 11.3 Å². The highest BCUT2D eigenvalue weighted by atomic mass is 32.2. The van der Waals surface area contributed by atoms with Crippen molar-refractivity contribution in [3.63, 3.8) is 0 Å². The molecule has 0 saturated heterocycles. The van der Waals surface area contributed by atoms with E-state index in [1.54, 1.807) is 4.57 Å². The number of thioether (sulfide) groups is 1. The van der Waals surface area contributed by atoms with Crippen molar-refractivity contribution in [2.24, 2.45) is 0 Å². The average Bonchev–Trinajstić information content (AvgIpc) is 3.11. The number of hydrogen-bond donors (Lipinski definition) is 1. The number of fused-ring (bicyclic) bond motifs is 2. The minimum Gasteiger partial charge on any atom is -0.353 e. The van der Waals surface area contributed by atoms with Crippen molar-refractivity contribution in [3.8, 4) is 0 Å². The zero-order valence-electron chi connectivity index (χ0n) is 17.1. The number of para-hydroxylation sites is 1. The third kappa shape index (κ3) is 3.71. The van der Waals surface area contributed by atoms with Gasteiger partial charge in [-0.3, -0.25) is 14.2 Å². The summed E-state index contributed by atoms with van der Waals surface area (Å²) in [5.41, 5.74) is 4.25. The Labute approximate surface area is 174 Å². The summed E-state index contributed by atoms with van der Waals surface area (Å²) in [6.45, 7) is 6.71. The van der Waals surface area contributed by atoms with Crippen molar-refractivity contribution in [3.05, 3.63) is 51.9 Å². The van der Waals surface area contributed by atoms with E-state index in [0.29, 0.717) is 16.2 Å². The third-order valence-corrected chi connectivity index (χ3v) is 6.49. The second-order valence-corrected chi connectivity index (χ2v) is 8.55. The Balaban J connectivity index is 1.63. The highest BCUT2D eigenvalue weighted by molar-refractivity contribution is 7.99. The zero-order valence-corrected chi connectivity index (χ0v) is 17.9. The molecule has 152 valence electrons. The Bertz CT molecular complexity index is 1120. The molecule has 1 amide bonds. The van der Waals surface area contributed by atoms with Crippen molar-refractivity contribution in [2.45, 2.75) is 51.2 Å². The molecule has 0 aliphatic carbocycles. The fourth-order valence-corrected chi connectivity index (χ4v) is 4.83. The summed E-state index contributed by atoms with van der Waals surface area (Å²) in [6.07, 6.45) is 2.79. The summed E-state index contributed by atoms with van der Waals surface area (Å²) in [5.74, 6) is 0.309. The SMILES string of the molecule is CC[C@@H](C)n1c(SCC(=O)N2CCCc3ccccc32)nc2cc(C)[nH]c2c1=O. The normalized spacial score (nSPS) is 14.8. The summed E-state index contributed by atoms with van der Waals surface area (Å²) in [4.78, 5) is 35.8. The van der Waals surface area contributed by atoms with E-state index in [4.69, 9.17) is 4.98 Å². The van der Waals surface area contributed by atoms with Crippen molar-refractivity contribution in [1.29, 1.82) is 0 Å². The van der Waals surface area contributed by atoms with Crippen LogP contribution in [0, 0.1) is 6.92 Å². The molecule has 1 aromatic carbocycles. The summed E-state index contributed by atoms with van der Waals surface area (Å²) in [7, 11) is 0. The highest BCUT2D eigenvalue weighted by Crippen LogP contribution is 2.29. The van der Waals surface area contributed by atoms with Gasteiger partial charge in [0.2, 0.25) is 5.91 Å². The molecule has 7 heteroatoms. The number of aryl methyl sites for hydroxylation is 2. The van der Waals surface area contributed by atoms with E-state index in [0.717, 1.165) is 37.2 Å². The van der Waals surface area contributed by atoms with Crippen LogP contribution in [0.2, 0.25) is 0 Å². The lowest BCUT2D eigenvalue weighted by Gasteiger charge is -2.29. The molecule has 0 radical (unpaired) electrons. The van der Waals surface area contributed by atoms with Gasteiger partial charge in [0.25, 0.3) is 5.56 Å². The van der Waals surface area contributed by atoms with Crippen LogP contribution in [0.3, 0.4) is 0 Å². The van der Waals surface area contributed by atoms with Crippen molar-refractivity contribution in [2.75, 3.05) is 17.2 Å². The van der Waals surface area contributed by atoms with E-state index < -0.39 is 0 Å². The first-order valence-electron chi connectivity index (χ1n) is 10.1. The topological polar surface area (TPSA) is 71.0 Å². The molecule has 1 aliphatic heterocycles. The Morgan fingerprint density at radius 3 is 2.93 bits per heavy atom. The van der Waals surface area contributed by atoms with Crippen molar-refractivity contribution < 1.29 is 4.79 Å². The largest absolute Gasteiger partial charge is 0.353 e. The molecule has 1 aliphatic rings. The molecule has 0 spiro atoms. The number of carbonyl (C=O) groups excluding carboxylic acids is 1. The van der Waals surface area contributed by atoms with E-state index >= 15 is 0 Å². The highest BCUT2D eigenvalue weighted by Gasteiger charge is 2.24. The standard InChI is InChI=1S/C22H26N4O2S/c1-4-15(3)26-21(28)20-17(12-14(2)23-20)24-22(26)29-13-19(27)25-11-7-9-16-8-5-6-10-18(16)25/h5-6,8,10,12,15,23H,4,7,9,11,13H2,1-3H3/t15-/m1/s1. The Hall–Kier alpha value is -2.54. The summed E-state index contributed by atoms with van der Waals surface area (Å²) in [5, 5.41) is 0.606. The van der Waals surface area contributed by atoms with Crippen LogP contribution in [-0.4, -0.2) is 32.7 Å². The quantitative estimate of drug-likeness (QED) is 0.508. The molecule has 3 heterocycles. The fourth-order valence-electron chi connectivity index (χ4n) is 3.86. The van der Waals surface area contributed by atoms with Crippen LogP contribution in [0.15, 0.2) is 40.3 Å². The van der Waals surface area contributed by atoms with Gasteiger partial charge in [-0.2, -0.15) is 0 Å². The maximum absolute atomic E-state index is 13.1. The maximum Gasteiger partial charge on any atom is 0.278 e. The number of aromatic amines is 1. The number of rotatable bonds is 5. The molecule has 0 saturated carbocycles. The van der Waals surface area contributed by atoms with E-state index in [2.05, 4.69) is 11.1 Å². The van der Waals surface area contributed by atoms with Gasteiger partial charge < -0.3 is 9.88 Å². The lowest BCUT2D eigenvalue weighted by Crippen LogP contribution is -2.37. The number of hydrogen-bond acceptors (Lipinski definition) is 4. The van der Waals surface area contributed by atoms with Gasteiger partial charge >= 0.3 is 0 Å².